The highest BCUT2D eigenvalue weighted by atomic mass is 32.2. The molecule has 0 aliphatic carbocycles. The van der Waals surface area contributed by atoms with Crippen LogP contribution in [0.2, 0.25) is 0 Å². The summed E-state index contributed by atoms with van der Waals surface area (Å²) < 4.78 is 28.0. The lowest BCUT2D eigenvalue weighted by molar-refractivity contribution is -0.116. The molecule has 1 N–H and O–H groups in total. The summed E-state index contributed by atoms with van der Waals surface area (Å²) in [5.74, 6) is -0.0266. The van der Waals surface area contributed by atoms with E-state index in [1.165, 1.54) is 18.3 Å². The first-order valence-electron chi connectivity index (χ1n) is 7.78. The van der Waals surface area contributed by atoms with Gasteiger partial charge in [-0.3, -0.25) is 4.79 Å². The molecule has 3 rings (SSSR count). The van der Waals surface area contributed by atoms with Crippen LogP contribution in [0.25, 0.3) is 0 Å². The largest absolute Gasteiger partial charge is 0.309 e. The molecule has 24 heavy (non-hydrogen) atoms. The Kier molecular flexibility index (Phi) is 4.50. The molecule has 2 atom stereocenters. The van der Waals surface area contributed by atoms with Gasteiger partial charge in [0.15, 0.2) is 0 Å². The van der Waals surface area contributed by atoms with Crippen LogP contribution in [0.15, 0.2) is 40.6 Å². The van der Waals surface area contributed by atoms with Crippen LogP contribution in [0.3, 0.4) is 0 Å². The monoisotopic (exact) mass is 364 g/mol. The average Bonchev–Trinajstić information content (AvgIpc) is 3.12. The summed E-state index contributed by atoms with van der Waals surface area (Å²) in [6.45, 7) is 5.32. The number of amides is 1. The third kappa shape index (κ3) is 3.11. The Labute approximate surface area is 146 Å². The summed E-state index contributed by atoms with van der Waals surface area (Å²) in [4.78, 5) is 14.7. The van der Waals surface area contributed by atoms with Crippen molar-refractivity contribution >= 4 is 33.0 Å². The van der Waals surface area contributed by atoms with Gasteiger partial charge in [0.2, 0.25) is 15.9 Å². The SMILES string of the molecule is CC(=O)N1c2ccc(S(=O)(=O)NC(C)c3cccs3)cc2CC1C. The minimum absolute atomic E-state index is 0.0266. The van der Waals surface area contributed by atoms with E-state index in [4.69, 9.17) is 0 Å². The number of carbonyl (C=O) groups is 1. The fourth-order valence-electron chi connectivity index (χ4n) is 3.15. The lowest BCUT2D eigenvalue weighted by atomic mass is 10.1. The van der Waals surface area contributed by atoms with Crippen molar-refractivity contribution in [1.29, 1.82) is 0 Å². The Bertz CT molecular complexity index is 860. The van der Waals surface area contributed by atoms with E-state index in [9.17, 15) is 13.2 Å². The number of nitrogens with one attached hydrogen (secondary N) is 1. The molecule has 1 aromatic carbocycles. The fourth-order valence-corrected chi connectivity index (χ4v) is 5.23. The smallest absolute Gasteiger partial charge is 0.241 e. The van der Waals surface area contributed by atoms with E-state index in [1.54, 1.807) is 23.1 Å². The highest BCUT2D eigenvalue weighted by Gasteiger charge is 2.30. The molecular formula is C17H20N2O3S2. The topological polar surface area (TPSA) is 66.5 Å². The van der Waals surface area contributed by atoms with Crippen molar-refractivity contribution in [2.24, 2.45) is 0 Å². The molecule has 1 amide bonds. The Hall–Kier alpha value is -1.70. The van der Waals surface area contributed by atoms with Gasteiger partial charge in [-0.2, -0.15) is 0 Å². The Morgan fingerprint density at radius 1 is 1.38 bits per heavy atom. The van der Waals surface area contributed by atoms with E-state index in [0.29, 0.717) is 6.42 Å². The molecule has 1 aromatic heterocycles. The molecule has 1 aliphatic heterocycles. The summed E-state index contributed by atoms with van der Waals surface area (Å²) in [6, 6.07) is 8.55. The molecule has 5 nitrogen and oxygen atoms in total. The van der Waals surface area contributed by atoms with E-state index < -0.39 is 10.0 Å². The quantitative estimate of drug-likeness (QED) is 0.907. The summed E-state index contributed by atoms with van der Waals surface area (Å²) in [5, 5.41) is 1.92. The van der Waals surface area contributed by atoms with Crippen LogP contribution in [0.4, 0.5) is 5.69 Å². The zero-order valence-electron chi connectivity index (χ0n) is 13.8. The van der Waals surface area contributed by atoms with Gasteiger partial charge in [-0.05, 0) is 55.5 Å². The summed E-state index contributed by atoms with van der Waals surface area (Å²) in [6.07, 6.45) is 0.665. The van der Waals surface area contributed by atoms with Crippen LogP contribution in [-0.4, -0.2) is 20.4 Å². The molecule has 2 unspecified atom stereocenters. The summed E-state index contributed by atoms with van der Waals surface area (Å²) in [5.41, 5.74) is 1.70. The number of thiophene rings is 1. The Balaban J connectivity index is 1.88. The van der Waals surface area contributed by atoms with Gasteiger partial charge in [0.1, 0.15) is 0 Å². The first-order valence-corrected chi connectivity index (χ1v) is 10.1. The van der Waals surface area contributed by atoms with Crippen LogP contribution < -0.4 is 9.62 Å². The molecule has 0 fully saturated rings. The van der Waals surface area contributed by atoms with Gasteiger partial charge < -0.3 is 4.90 Å². The Morgan fingerprint density at radius 3 is 2.75 bits per heavy atom. The predicted octanol–water partition coefficient (Wildman–Crippen LogP) is 3.09. The van der Waals surface area contributed by atoms with Crippen LogP contribution in [0.5, 0.6) is 0 Å². The molecule has 2 heterocycles. The molecule has 128 valence electrons. The van der Waals surface area contributed by atoms with Gasteiger partial charge in [-0.15, -0.1) is 11.3 Å². The van der Waals surface area contributed by atoms with Gasteiger partial charge in [-0.25, -0.2) is 13.1 Å². The number of carbonyl (C=O) groups excluding carboxylic acids is 1. The number of fused-ring (bicyclic) bond motifs is 1. The lowest BCUT2D eigenvalue weighted by Gasteiger charge is -2.20. The van der Waals surface area contributed by atoms with Gasteiger partial charge in [0, 0.05) is 23.5 Å². The van der Waals surface area contributed by atoms with Crippen molar-refractivity contribution in [1.82, 2.24) is 4.72 Å². The first kappa shape index (κ1) is 17.1. The van der Waals surface area contributed by atoms with Crippen molar-refractivity contribution in [3.05, 3.63) is 46.2 Å². The highest BCUT2D eigenvalue weighted by Crippen LogP contribution is 2.34. The molecule has 0 radical (unpaired) electrons. The number of benzene rings is 1. The van der Waals surface area contributed by atoms with Crippen molar-refractivity contribution in [2.75, 3.05) is 4.90 Å². The van der Waals surface area contributed by atoms with Gasteiger partial charge in [-0.1, -0.05) is 6.07 Å². The standard InChI is InChI=1S/C17H20N2O3S2/c1-11-9-14-10-15(6-7-16(14)19(11)13(3)20)24(21,22)18-12(2)17-5-4-8-23-17/h4-8,10-12,18H,9H2,1-3H3. The summed E-state index contributed by atoms with van der Waals surface area (Å²) in [7, 11) is -3.61. The molecule has 0 spiro atoms. The average molecular weight is 364 g/mol. The molecular weight excluding hydrogens is 344 g/mol. The number of anilines is 1. The van der Waals surface area contributed by atoms with Gasteiger partial charge >= 0.3 is 0 Å². The van der Waals surface area contributed by atoms with E-state index >= 15 is 0 Å². The molecule has 0 saturated carbocycles. The summed E-state index contributed by atoms with van der Waals surface area (Å²) >= 11 is 1.52. The van der Waals surface area contributed by atoms with Crippen LogP contribution in [0, 0.1) is 0 Å². The van der Waals surface area contributed by atoms with Crippen molar-refractivity contribution in [3.8, 4) is 0 Å². The lowest BCUT2D eigenvalue weighted by Crippen LogP contribution is -2.33. The zero-order chi connectivity index (χ0) is 17.5. The number of rotatable bonds is 4. The molecule has 0 bridgehead atoms. The predicted molar refractivity (Wildman–Crippen MR) is 95.8 cm³/mol. The van der Waals surface area contributed by atoms with E-state index in [-0.39, 0.29) is 22.9 Å². The molecule has 1 aliphatic rings. The molecule has 0 saturated heterocycles. The second kappa shape index (κ2) is 6.31. The Morgan fingerprint density at radius 2 is 2.12 bits per heavy atom. The van der Waals surface area contributed by atoms with Crippen LogP contribution >= 0.6 is 11.3 Å². The number of nitrogens with zero attached hydrogens (tertiary/aromatic N) is 1. The minimum Gasteiger partial charge on any atom is -0.309 e. The second-order valence-corrected chi connectivity index (χ2v) is 8.78. The second-order valence-electron chi connectivity index (χ2n) is 6.09. The van der Waals surface area contributed by atoms with E-state index in [0.717, 1.165) is 16.1 Å². The maximum atomic E-state index is 12.6. The van der Waals surface area contributed by atoms with Gasteiger partial charge in [0.25, 0.3) is 0 Å². The van der Waals surface area contributed by atoms with Crippen molar-refractivity contribution in [3.63, 3.8) is 0 Å². The van der Waals surface area contributed by atoms with E-state index in [2.05, 4.69) is 4.72 Å². The highest BCUT2D eigenvalue weighted by molar-refractivity contribution is 7.89. The normalized spacial score (nSPS) is 18.5. The maximum Gasteiger partial charge on any atom is 0.241 e. The third-order valence-electron chi connectivity index (χ3n) is 4.22. The zero-order valence-corrected chi connectivity index (χ0v) is 15.4. The van der Waals surface area contributed by atoms with Crippen molar-refractivity contribution < 1.29 is 13.2 Å². The third-order valence-corrected chi connectivity index (χ3v) is 6.81. The number of hydrogen-bond donors (Lipinski definition) is 1. The molecule has 7 heteroatoms. The van der Waals surface area contributed by atoms with E-state index in [1.807, 2.05) is 31.4 Å². The number of sulfonamides is 1. The molecule has 2 aromatic rings. The fraction of sp³-hybridized carbons (Fsp3) is 0.353. The van der Waals surface area contributed by atoms with Crippen molar-refractivity contribution in [2.45, 2.75) is 44.2 Å². The first-order chi connectivity index (χ1) is 11.3. The number of hydrogen-bond acceptors (Lipinski definition) is 4. The van der Waals surface area contributed by atoms with Crippen LogP contribution in [-0.2, 0) is 21.2 Å². The minimum atomic E-state index is -3.61. The maximum absolute atomic E-state index is 12.6. The van der Waals surface area contributed by atoms with Crippen LogP contribution in [0.1, 0.15) is 37.3 Å². The van der Waals surface area contributed by atoms with Gasteiger partial charge in [0.05, 0.1) is 10.9 Å².